The molecule has 2 saturated heterocycles. The van der Waals surface area contributed by atoms with E-state index in [0.717, 1.165) is 31.5 Å². The number of rotatable bonds is 3. The van der Waals surface area contributed by atoms with Gasteiger partial charge in [-0.25, -0.2) is 8.42 Å². The van der Waals surface area contributed by atoms with E-state index < -0.39 is 9.84 Å². The molecule has 1 N–H and O–H groups in total. The highest BCUT2D eigenvalue weighted by molar-refractivity contribution is 7.90. The summed E-state index contributed by atoms with van der Waals surface area (Å²) in [6.45, 7) is 6.19. The molecule has 3 unspecified atom stereocenters. The van der Waals surface area contributed by atoms with E-state index in [1.165, 1.54) is 6.26 Å². The van der Waals surface area contributed by atoms with Crippen molar-refractivity contribution in [2.75, 3.05) is 38.2 Å². The number of nitrogens with zero attached hydrogens (tertiary/aromatic N) is 1. The Labute approximate surface area is 91.9 Å². The van der Waals surface area contributed by atoms with E-state index in [2.05, 4.69) is 17.1 Å². The number of sulfone groups is 1. The zero-order valence-electron chi connectivity index (χ0n) is 9.44. The predicted molar refractivity (Wildman–Crippen MR) is 60.6 cm³/mol. The molecule has 5 heteroatoms. The molecular formula is C10H20N2O2S. The van der Waals surface area contributed by atoms with Crippen molar-refractivity contribution in [3.63, 3.8) is 0 Å². The van der Waals surface area contributed by atoms with E-state index in [1.54, 1.807) is 0 Å². The van der Waals surface area contributed by atoms with E-state index in [0.29, 0.717) is 18.3 Å². The zero-order chi connectivity index (χ0) is 11.1. The minimum absolute atomic E-state index is 0.296. The summed E-state index contributed by atoms with van der Waals surface area (Å²) in [6, 6.07) is 0.534. The first-order chi connectivity index (χ1) is 6.97. The predicted octanol–water partition coefficient (Wildman–Crippen LogP) is -0.429. The molecule has 2 aliphatic rings. The molecule has 0 saturated carbocycles. The fourth-order valence-electron chi connectivity index (χ4n) is 2.83. The van der Waals surface area contributed by atoms with Crippen molar-refractivity contribution in [2.24, 2.45) is 11.8 Å². The van der Waals surface area contributed by atoms with Gasteiger partial charge in [-0.2, -0.15) is 0 Å². The number of hydrogen-bond acceptors (Lipinski definition) is 4. The summed E-state index contributed by atoms with van der Waals surface area (Å²) in [5.74, 6) is 1.76. The molecule has 2 heterocycles. The van der Waals surface area contributed by atoms with Crippen LogP contribution in [0.2, 0.25) is 0 Å². The van der Waals surface area contributed by atoms with Crippen LogP contribution in [0.4, 0.5) is 0 Å². The number of likely N-dealkylation sites (tertiary alicyclic amines) is 1. The summed E-state index contributed by atoms with van der Waals surface area (Å²) in [5.41, 5.74) is 0. The average Bonchev–Trinajstić information content (AvgIpc) is 2.65. The number of fused-ring (bicyclic) bond motifs is 1. The van der Waals surface area contributed by atoms with Gasteiger partial charge in [-0.1, -0.05) is 0 Å². The molecule has 0 spiro atoms. The van der Waals surface area contributed by atoms with Crippen molar-refractivity contribution in [1.29, 1.82) is 0 Å². The van der Waals surface area contributed by atoms with Gasteiger partial charge in [0.25, 0.3) is 0 Å². The first-order valence-corrected chi connectivity index (χ1v) is 7.66. The maximum Gasteiger partial charge on any atom is 0.148 e. The highest BCUT2D eigenvalue weighted by atomic mass is 32.2. The molecule has 3 atom stereocenters. The minimum Gasteiger partial charge on any atom is -0.316 e. The molecule has 0 aliphatic carbocycles. The van der Waals surface area contributed by atoms with Crippen LogP contribution >= 0.6 is 0 Å². The average molecular weight is 232 g/mol. The van der Waals surface area contributed by atoms with Gasteiger partial charge in [0.05, 0.1) is 5.75 Å². The third-order valence-corrected chi connectivity index (χ3v) is 4.73. The van der Waals surface area contributed by atoms with Crippen LogP contribution < -0.4 is 5.32 Å². The Morgan fingerprint density at radius 2 is 2.13 bits per heavy atom. The minimum atomic E-state index is -2.82. The Morgan fingerprint density at radius 3 is 2.73 bits per heavy atom. The summed E-state index contributed by atoms with van der Waals surface area (Å²) >= 11 is 0. The second-order valence-electron chi connectivity index (χ2n) is 4.95. The molecule has 0 aromatic rings. The summed E-state index contributed by atoms with van der Waals surface area (Å²) in [5, 5.41) is 3.40. The number of hydrogen-bond donors (Lipinski definition) is 1. The van der Waals surface area contributed by atoms with Gasteiger partial charge in [0.2, 0.25) is 0 Å². The van der Waals surface area contributed by atoms with Crippen LogP contribution in [0.1, 0.15) is 6.92 Å². The van der Waals surface area contributed by atoms with Crippen molar-refractivity contribution in [1.82, 2.24) is 10.2 Å². The van der Waals surface area contributed by atoms with Gasteiger partial charge < -0.3 is 5.32 Å². The topological polar surface area (TPSA) is 49.4 Å². The van der Waals surface area contributed by atoms with Crippen LogP contribution in [0.15, 0.2) is 0 Å². The quantitative estimate of drug-likeness (QED) is 0.717. The Hall–Kier alpha value is -0.130. The molecular weight excluding hydrogens is 212 g/mol. The summed E-state index contributed by atoms with van der Waals surface area (Å²) < 4.78 is 22.2. The lowest BCUT2D eigenvalue weighted by molar-refractivity contribution is 0.253. The van der Waals surface area contributed by atoms with Gasteiger partial charge in [0.15, 0.2) is 0 Å². The van der Waals surface area contributed by atoms with Gasteiger partial charge in [-0.15, -0.1) is 0 Å². The molecule has 0 bridgehead atoms. The second-order valence-corrected chi connectivity index (χ2v) is 7.21. The SMILES string of the molecule is CC1C2CNCC2CN1CCS(C)(=O)=O. The lowest BCUT2D eigenvalue weighted by atomic mass is 9.95. The van der Waals surface area contributed by atoms with E-state index in [1.807, 2.05) is 0 Å². The Kier molecular flexibility index (Phi) is 3.05. The molecule has 0 aromatic carbocycles. The molecule has 2 rings (SSSR count). The van der Waals surface area contributed by atoms with Crippen LogP contribution in [0.5, 0.6) is 0 Å². The molecule has 0 aromatic heterocycles. The Bertz CT molecular complexity index is 328. The van der Waals surface area contributed by atoms with Gasteiger partial charge in [0.1, 0.15) is 9.84 Å². The van der Waals surface area contributed by atoms with Gasteiger partial charge in [0, 0.05) is 25.4 Å². The summed E-state index contributed by atoms with van der Waals surface area (Å²) in [6.07, 6.45) is 1.32. The monoisotopic (exact) mass is 232 g/mol. The molecule has 0 radical (unpaired) electrons. The van der Waals surface area contributed by atoms with Crippen LogP contribution in [0.25, 0.3) is 0 Å². The van der Waals surface area contributed by atoms with Crippen LogP contribution in [0.3, 0.4) is 0 Å². The zero-order valence-corrected chi connectivity index (χ0v) is 10.3. The fraction of sp³-hybridized carbons (Fsp3) is 1.00. The highest BCUT2D eigenvalue weighted by Gasteiger charge is 2.41. The van der Waals surface area contributed by atoms with Crippen LogP contribution in [0, 0.1) is 11.8 Å². The molecule has 15 heavy (non-hydrogen) atoms. The van der Waals surface area contributed by atoms with Crippen LogP contribution in [-0.2, 0) is 9.84 Å². The van der Waals surface area contributed by atoms with Crippen molar-refractivity contribution in [3.05, 3.63) is 0 Å². The van der Waals surface area contributed by atoms with Crippen LogP contribution in [-0.4, -0.2) is 57.5 Å². The smallest absolute Gasteiger partial charge is 0.148 e. The molecule has 2 fully saturated rings. The van der Waals surface area contributed by atoms with E-state index in [4.69, 9.17) is 0 Å². The molecule has 0 amide bonds. The van der Waals surface area contributed by atoms with Gasteiger partial charge >= 0.3 is 0 Å². The molecule has 88 valence electrons. The van der Waals surface area contributed by atoms with Gasteiger partial charge in [-0.3, -0.25) is 4.90 Å². The Balaban J connectivity index is 1.90. The number of nitrogens with one attached hydrogen (secondary N) is 1. The van der Waals surface area contributed by atoms with Crippen molar-refractivity contribution in [2.45, 2.75) is 13.0 Å². The largest absolute Gasteiger partial charge is 0.316 e. The highest BCUT2D eigenvalue weighted by Crippen LogP contribution is 2.31. The first kappa shape index (κ1) is 11.4. The van der Waals surface area contributed by atoms with Crippen molar-refractivity contribution in [3.8, 4) is 0 Å². The second kappa shape index (κ2) is 4.03. The first-order valence-electron chi connectivity index (χ1n) is 5.60. The lowest BCUT2D eigenvalue weighted by Crippen LogP contribution is -2.36. The third-order valence-electron chi connectivity index (χ3n) is 3.81. The van der Waals surface area contributed by atoms with E-state index in [9.17, 15) is 8.42 Å². The summed E-state index contributed by atoms with van der Waals surface area (Å²) in [4.78, 5) is 2.33. The summed E-state index contributed by atoms with van der Waals surface area (Å²) in [7, 11) is -2.82. The molecule has 2 aliphatic heterocycles. The normalized spacial score (nSPS) is 37.1. The van der Waals surface area contributed by atoms with Crippen molar-refractivity contribution >= 4 is 9.84 Å². The maximum absolute atomic E-state index is 11.1. The Morgan fingerprint density at radius 1 is 1.40 bits per heavy atom. The standard InChI is InChI=1S/C10H20N2O2S/c1-8-10-6-11-5-9(10)7-12(8)3-4-15(2,13)14/h8-11H,3-7H2,1-2H3. The third kappa shape index (κ3) is 2.52. The van der Waals surface area contributed by atoms with Crippen molar-refractivity contribution < 1.29 is 8.42 Å². The fourth-order valence-corrected chi connectivity index (χ4v) is 3.40. The lowest BCUT2D eigenvalue weighted by Gasteiger charge is -2.23. The van der Waals surface area contributed by atoms with Gasteiger partial charge in [-0.05, 0) is 31.8 Å². The molecule has 4 nitrogen and oxygen atoms in total. The van der Waals surface area contributed by atoms with E-state index >= 15 is 0 Å². The van der Waals surface area contributed by atoms with E-state index in [-0.39, 0.29) is 0 Å². The maximum atomic E-state index is 11.1.